The van der Waals surface area contributed by atoms with Crippen molar-refractivity contribution < 1.29 is 13.6 Å². The molecule has 7 rings (SSSR count). The molecule has 8 heteroatoms. The van der Waals surface area contributed by atoms with Crippen molar-refractivity contribution >= 4 is 29.8 Å². The Morgan fingerprint density at radius 1 is 1.11 bits per heavy atom. The molecule has 35 heavy (non-hydrogen) atoms. The van der Waals surface area contributed by atoms with Crippen LogP contribution < -0.4 is 0 Å². The van der Waals surface area contributed by atoms with Crippen LogP contribution in [0.4, 0.5) is 4.39 Å². The zero-order chi connectivity index (χ0) is 23.8. The normalized spacial score (nSPS) is 27.1. The highest BCUT2D eigenvalue weighted by Gasteiger charge is 2.54. The minimum absolute atomic E-state index is 0.0404. The zero-order valence-corrected chi connectivity index (χ0v) is 20.3. The Balaban J connectivity index is 1.14. The Morgan fingerprint density at radius 3 is 2.49 bits per heavy atom. The third kappa shape index (κ3) is 4.81. The van der Waals surface area contributed by atoms with Gasteiger partial charge in [0, 0.05) is 5.54 Å². The lowest BCUT2D eigenvalue weighted by Gasteiger charge is -2.60. The summed E-state index contributed by atoms with van der Waals surface area (Å²) in [6.45, 7) is 0.526. The first-order valence-corrected chi connectivity index (χ1v) is 13.3. The third-order valence-corrected chi connectivity index (χ3v) is 8.72. The number of thioether (sulfide) groups is 1. The fourth-order valence-electron chi connectivity index (χ4n) is 6.82. The molecule has 1 aromatic carbocycles. The topological polar surface area (TPSA) is 75.0 Å². The monoisotopic (exact) mass is 492 g/mol. The van der Waals surface area contributed by atoms with Gasteiger partial charge in [-0.15, -0.1) is 5.10 Å². The van der Waals surface area contributed by atoms with E-state index in [4.69, 9.17) is 4.42 Å². The number of amides is 1. The lowest BCUT2D eigenvalue weighted by atomic mass is 9.52. The molecule has 0 unspecified atom stereocenters. The van der Waals surface area contributed by atoms with Crippen LogP contribution in [0.2, 0.25) is 0 Å². The number of carbonyl (C=O) groups excluding carboxylic acids is 1. The summed E-state index contributed by atoms with van der Waals surface area (Å²) < 4.78 is 18.7. The number of H-pyrrole nitrogens is 1. The first-order valence-electron chi connectivity index (χ1n) is 12.4. The molecule has 4 bridgehead atoms. The maximum absolute atomic E-state index is 13.7. The molecule has 3 aromatic rings. The van der Waals surface area contributed by atoms with Crippen LogP contribution in [0.15, 0.2) is 52.2 Å². The Kier molecular flexibility index (Phi) is 6.00. The van der Waals surface area contributed by atoms with Crippen molar-refractivity contribution in [2.75, 3.05) is 5.75 Å². The SMILES string of the molecule is O=C(CSc1n[nH]c(/C=C/c2ccc(F)cc2)n1)N(Cc1ccco1)C12CC3CC(CC(C3)C1)C2. The van der Waals surface area contributed by atoms with E-state index in [2.05, 4.69) is 20.1 Å². The van der Waals surface area contributed by atoms with Crippen LogP contribution in [0, 0.1) is 23.6 Å². The molecule has 1 amide bonds. The predicted molar refractivity (Wildman–Crippen MR) is 133 cm³/mol. The van der Waals surface area contributed by atoms with Gasteiger partial charge in [0.1, 0.15) is 17.4 Å². The molecule has 0 atom stereocenters. The van der Waals surface area contributed by atoms with E-state index in [1.54, 1.807) is 24.5 Å². The van der Waals surface area contributed by atoms with E-state index in [-0.39, 0.29) is 17.3 Å². The molecule has 4 aliphatic carbocycles. The standard InChI is InChI=1S/C27H29FN4O2S/c28-22-6-3-18(4-7-22)5-8-24-29-26(31-30-24)35-17-25(33)32(16-23-2-1-9-34-23)27-13-19-10-20(14-27)12-21(11-19)15-27/h1-9,19-21H,10-17H2,(H,29,30,31)/b8-5+. The van der Waals surface area contributed by atoms with Crippen LogP contribution in [0.25, 0.3) is 12.2 Å². The zero-order valence-electron chi connectivity index (χ0n) is 19.5. The number of hydrogen-bond donors (Lipinski definition) is 1. The molecular weight excluding hydrogens is 463 g/mol. The second-order valence-corrected chi connectivity index (χ2v) is 11.3. The maximum atomic E-state index is 13.7. The van der Waals surface area contributed by atoms with Crippen molar-refractivity contribution in [3.8, 4) is 0 Å². The van der Waals surface area contributed by atoms with Crippen molar-refractivity contribution in [1.29, 1.82) is 0 Å². The van der Waals surface area contributed by atoms with E-state index < -0.39 is 0 Å². The number of benzene rings is 1. The van der Waals surface area contributed by atoms with Crippen molar-refractivity contribution in [2.45, 2.75) is 55.8 Å². The summed E-state index contributed by atoms with van der Waals surface area (Å²) in [5.41, 5.74) is 0.831. The van der Waals surface area contributed by atoms with Gasteiger partial charge in [0.25, 0.3) is 0 Å². The van der Waals surface area contributed by atoms with Crippen molar-refractivity contribution in [2.24, 2.45) is 17.8 Å². The molecular formula is C27H29FN4O2S. The Bertz CT molecular complexity index is 1170. The van der Waals surface area contributed by atoms with Crippen LogP contribution in [-0.2, 0) is 11.3 Å². The van der Waals surface area contributed by atoms with Crippen molar-refractivity contribution in [1.82, 2.24) is 20.1 Å². The third-order valence-electron chi connectivity index (χ3n) is 7.88. The van der Waals surface area contributed by atoms with Crippen LogP contribution >= 0.6 is 11.8 Å². The van der Waals surface area contributed by atoms with E-state index >= 15 is 0 Å². The van der Waals surface area contributed by atoms with Gasteiger partial charge < -0.3 is 9.32 Å². The molecule has 0 aliphatic heterocycles. The Labute approximate surface area is 208 Å². The molecule has 0 saturated heterocycles. The molecule has 4 fully saturated rings. The summed E-state index contributed by atoms with van der Waals surface area (Å²) in [7, 11) is 0. The quantitative estimate of drug-likeness (QED) is 0.403. The number of aromatic nitrogens is 3. The second-order valence-electron chi connectivity index (χ2n) is 10.4. The Hall–Kier alpha value is -2.87. The minimum atomic E-state index is -0.264. The molecule has 2 heterocycles. The minimum Gasteiger partial charge on any atom is -0.467 e. The van der Waals surface area contributed by atoms with E-state index in [0.717, 1.165) is 48.3 Å². The summed E-state index contributed by atoms with van der Waals surface area (Å²) in [5, 5.41) is 7.71. The lowest BCUT2D eigenvalue weighted by molar-refractivity contribution is -0.150. The molecule has 4 aliphatic rings. The summed E-state index contributed by atoms with van der Waals surface area (Å²) in [6.07, 6.45) is 12.7. The highest BCUT2D eigenvalue weighted by molar-refractivity contribution is 7.99. The summed E-state index contributed by atoms with van der Waals surface area (Å²) in [6, 6.07) is 10.1. The first-order chi connectivity index (χ1) is 17.0. The number of carbonyl (C=O) groups is 1. The summed E-state index contributed by atoms with van der Waals surface area (Å²) >= 11 is 1.36. The number of nitrogens with one attached hydrogen (secondary N) is 1. The summed E-state index contributed by atoms with van der Waals surface area (Å²) in [4.78, 5) is 20.3. The molecule has 0 spiro atoms. The average Bonchev–Trinajstić information content (AvgIpc) is 3.52. The van der Waals surface area contributed by atoms with E-state index in [9.17, 15) is 9.18 Å². The van der Waals surface area contributed by atoms with Crippen LogP contribution in [0.3, 0.4) is 0 Å². The number of hydrogen-bond acceptors (Lipinski definition) is 5. The highest BCUT2D eigenvalue weighted by atomic mass is 32.2. The van der Waals surface area contributed by atoms with Gasteiger partial charge in [-0.2, -0.15) is 0 Å². The number of aromatic amines is 1. The van der Waals surface area contributed by atoms with Gasteiger partial charge >= 0.3 is 0 Å². The number of furan rings is 1. The van der Waals surface area contributed by atoms with Crippen LogP contribution in [0.5, 0.6) is 0 Å². The first kappa shape index (κ1) is 22.6. The molecule has 6 nitrogen and oxygen atoms in total. The molecule has 2 aromatic heterocycles. The molecule has 4 saturated carbocycles. The van der Waals surface area contributed by atoms with Crippen molar-refractivity contribution in [3.05, 3.63) is 65.6 Å². The lowest BCUT2D eigenvalue weighted by Crippen LogP contribution is -2.61. The average molecular weight is 493 g/mol. The number of halogens is 1. The maximum Gasteiger partial charge on any atom is 0.233 e. The van der Waals surface area contributed by atoms with Crippen LogP contribution in [-0.4, -0.2) is 37.3 Å². The molecule has 1 N–H and O–H groups in total. The fourth-order valence-corrected chi connectivity index (χ4v) is 7.51. The van der Waals surface area contributed by atoms with Gasteiger partial charge in [-0.1, -0.05) is 30.0 Å². The highest BCUT2D eigenvalue weighted by Crippen LogP contribution is 2.58. The Morgan fingerprint density at radius 2 is 1.83 bits per heavy atom. The van der Waals surface area contributed by atoms with Crippen LogP contribution in [0.1, 0.15) is 55.7 Å². The molecule has 0 radical (unpaired) electrons. The van der Waals surface area contributed by atoms with Gasteiger partial charge in [0.2, 0.25) is 11.1 Å². The molecule has 182 valence electrons. The van der Waals surface area contributed by atoms with Gasteiger partial charge in [0.05, 0.1) is 18.6 Å². The van der Waals surface area contributed by atoms with E-state index in [0.29, 0.717) is 23.3 Å². The van der Waals surface area contributed by atoms with Gasteiger partial charge in [-0.25, -0.2) is 9.37 Å². The van der Waals surface area contributed by atoms with E-state index in [1.165, 1.54) is 43.2 Å². The smallest absolute Gasteiger partial charge is 0.233 e. The summed E-state index contributed by atoms with van der Waals surface area (Å²) in [5.74, 6) is 3.85. The number of rotatable bonds is 8. The van der Waals surface area contributed by atoms with Gasteiger partial charge in [-0.3, -0.25) is 9.89 Å². The second kappa shape index (κ2) is 9.30. The fraction of sp³-hybridized carbons (Fsp3) is 0.444. The van der Waals surface area contributed by atoms with Gasteiger partial charge in [-0.05, 0) is 92.2 Å². The predicted octanol–water partition coefficient (Wildman–Crippen LogP) is 5.80. The van der Waals surface area contributed by atoms with Crippen molar-refractivity contribution in [3.63, 3.8) is 0 Å². The van der Waals surface area contributed by atoms with Gasteiger partial charge in [0.15, 0.2) is 0 Å². The largest absolute Gasteiger partial charge is 0.467 e. The number of nitrogens with zero attached hydrogens (tertiary/aromatic N) is 3. The van der Waals surface area contributed by atoms with E-state index in [1.807, 2.05) is 18.2 Å².